The summed E-state index contributed by atoms with van der Waals surface area (Å²) in [5.41, 5.74) is 1.75. The SMILES string of the molecule is CCC1CCCC1N=Cc1cccc(C)c1O.[Cl][Zr][Cl]. The molecule has 1 aliphatic carbocycles. The second-order valence-corrected chi connectivity index (χ2v) is 8.76. The van der Waals surface area contributed by atoms with E-state index in [1.165, 1.54) is 25.7 Å². The van der Waals surface area contributed by atoms with Crippen LogP contribution in [0.3, 0.4) is 0 Å². The Morgan fingerprint density at radius 2 is 2.10 bits per heavy atom. The van der Waals surface area contributed by atoms with Gasteiger partial charge < -0.3 is 5.11 Å². The Morgan fingerprint density at radius 3 is 2.75 bits per heavy atom. The van der Waals surface area contributed by atoms with E-state index in [4.69, 9.17) is 17.0 Å². The van der Waals surface area contributed by atoms with Crippen LogP contribution < -0.4 is 0 Å². The quantitative estimate of drug-likeness (QED) is 0.714. The molecule has 2 unspecified atom stereocenters. The number of aliphatic imine (C=N–C) groups is 1. The Morgan fingerprint density at radius 1 is 1.40 bits per heavy atom. The fraction of sp³-hybridized carbons (Fsp3) is 0.533. The normalized spacial score (nSPS) is 21.6. The summed E-state index contributed by atoms with van der Waals surface area (Å²) in [5, 5.41) is 9.90. The van der Waals surface area contributed by atoms with Gasteiger partial charge in [0.25, 0.3) is 0 Å². The van der Waals surface area contributed by atoms with Crippen LogP contribution in [0.1, 0.15) is 43.7 Å². The monoisotopic (exact) mass is 391 g/mol. The van der Waals surface area contributed by atoms with E-state index in [0.29, 0.717) is 11.8 Å². The van der Waals surface area contributed by atoms with Gasteiger partial charge in [0.05, 0.1) is 6.04 Å². The first-order valence-corrected chi connectivity index (χ1v) is 13.2. The van der Waals surface area contributed by atoms with E-state index in [1.54, 1.807) is 0 Å². The van der Waals surface area contributed by atoms with Crippen LogP contribution in [0, 0.1) is 12.8 Å². The molecule has 110 valence electrons. The molecule has 2 rings (SSSR count). The molecular formula is C15H21Cl2NOZr. The molecule has 2 atom stereocenters. The number of hydrogen-bond donors (Lipinski definition) is 1. The summed E-state index contributed by atoms with van der Waals surface area (Å²) in [6.07, 6.45) is 6.85. The molecule has 0 aromatic heterocycles. The molecule has 1 fully saturated rings. The molecule has 0 heterocycles. The second kappa shape index (κ2) is 9.98. The zero-order chi connectivity index (χ0) is 15.0. The molecule has 5 heteroatoms. The molecule has 2 nitrogen and oxygen atoms in total. The number of benzene rings is 1. The van der Waals surface area contributed by atoms with E-state index < -0.39 is 20.8 Å². The third kappa shape index (κ3) is 5.50. The van der Waals surface area contributed by atoms with E-state index in [1.807, 2.05) is 31.3 Å². The van der Waals surface area contributed by atoms with Crippen LogP contribution in [0.15, 0.2) is 23.2 Å². The Bertz CT molecular complexity index is 440. The van der Waals surface area contributed by atoms with Crippen molar-refractivity contribution in [3.63, 3.8) is 0 Å². The average Bonchev–Trinajstić information content (AvgIpc) is 2.89. The standard InChI is InChI=1S/C15H21NO.2ClH.Zr/c1-3-12-7-5-9-14(12)16-10-13-8-4-6-11(2)15(13)17;;;/h4,6,8,10,12,14,17H,3,5,7,9H2,1-2H3;2*1H;/q;;;+2/p-2. The molecule has 1 N–H and O–H groups in total. The van der Waals surface area contributed by atoms with Crippen molar-refractivity contribution < 1.29 is 26.0 Å². The number of aromatic hydroxyl groups is 1. The second-order valence-electron chi connectivity index (χ2n) is 5.03. The molecule has 0 saturated heterocycles. The van der Waals surface area contributed by atoms with Crippen molar-refractivity contribution in [2.75, 3.05) is 0 Å². The van der Waals surface area contributed by atoms with Gasteiger partial charge in [-0.05, 0) is 37.3 Å². The maximum atomic E-state index is 9.90. The maximum absolute atomic E-state index is 9.90. The summed E-state index contributed by atoms with van der Waals surface area (Å²) in [5.74, 6) is 1.10. The van der Waals surface area contributed by atoms with Crippen LogP contribution in [0.4, 0.5) is 0 Å². The molecule has 0 radical (unpaired) electrons. The third-order valence-electron chi connectivity index (χ3n) is 3.82. The van der Waals surface area contributed by atoms with Crippen molar-refractivity contribution >= 4 is 23.2 Å². The van der Waals surface area contributed by atoms with Crippen LogP contribution in [0.2, 0.25) is 0 Å². The first-order valence-electron chi connectivity index (χ1n) is 6.92. The fourth-order valence-corrected chi connectivity index (χ4v) is 2.65. The van der Waals surface area contributed by atoms with Crippen molar-refractivity contribution in [1.82, 2.24) is 0 Å². The predicted octanol–water partition coefficient (Wildman–Crippen LogP) is 5.07. The Balaban J connectivity index is 0.000000612. The molecule has 0 aliphatic heterocycles. The van der Waals surface area contributed by atoms with Gasteiger partial charge in [0.1, 0.15) is 5.75 Å². The minimum absolute atomic E-state index is 0.363. The van der Waals surface area contributed by atoms with Crippen LogP contribution >= 0.6 is 17.0 Å². The number of halogens is 2. The van der Waals surface area contributed by atoms with Crippen LogP contribution in [0.5, 0.6) is 5.75 Å². The zero-order valence-electron chi connectivity index (χ0n) is 11.9. The summed E-state index contributed by atoms with van der Waals surface area (Å²) in [6.45, 7) is 4.15. The molecule has 0 amide bonds. The molecule has 20 heavy (non-hydrogen) atoms. The Hall–Kier alpha value is 0.153. The number of nitrogens with zero attached hydrogens (tertiary/aromatic N) is 1. The molecule has 1 aromatic carbocycles. The van der Waals surface area contributed by atoms with E-state index in [-0.39, 0.29) is 0 Å². The van der Waals surface area contributed by atoms with Crippen molar-refractivity contribution in [2.24, 2.45) is 10.9 Å². The number of rotatable bonds is 3. The van der Waals surface area contributed by atoms with Gasteiger partial charge in [-0.3, -0.25) is 4.99 Å². The first kappa shape index (κ1) is 18.2. The van der Waals surface area contributed by atoms with Gasteiger partial charge >= 0.3 is 37.9 Å². The Kier molecular flexibility index (Phi) is 9.08. The molecule has 0 spiro atoms. The Labute approximate surface area is 140 Å². The van der Waals surface area contributed by atoms with E-state index in [9.17, 15) is 5.11 Å². The summed E-state index contributed by atoms with van der Waals surface area (Å²) in [7, 11) is 9.87. The number of phenols is 1. The van der Waals surface area contributed by atoms with Gasteiger partial charge in [0.15, 0.2) is 0 Å². The number of phenolic OH excluding ortho intramolecular Hbond substituents is 1. The van der Waals surface area contributed by atoms with Gasteiger partial charge in [-0.2, -0.15) is 0 Å². The first-order chi connectivity index (χ1) is 9.63. The molecular weight excluding hydrogens is 372 g/mol. The van der Waals surface area contributed by atoms with Crippen molar-refractivity contribution in [2.45, 2.75) is 45.6 Å². The summed E-state index contributed by atoms with van der Waals surface area (Å²) in [6, 6.07) is 6.25. The van der Waals surface area contributed by atoms with Gasteiger partial charge in [-0.1, -0.05) is 31.9 Å². The topological polar surface area (TPSA) is 32.6 Å². The summed E-state index contributed by atoms with van der Waals surface area (Å²) < 4.78 is 0. The van der Waals surface area contributed by atoms with E-state index >= 15 is 0 Å². The third-order valence-corrected chi connectivity index (χ3v) is 3.82. The van der Waals surface area contributed by atoms with Crippen LogP contribution in [-0.4, -0.2) is 17.4 Å². The number of aryl methyl sites for hydroxylation is 1. The number of para-hydroxylation sites is 1. The zero-order valence-corrected chi connectivity index (χ0v) is 15.9. The van der Waals surface area contributed by atoms with Gasteiger partial charge in [-0.15, -0.1) is 0 Å². The summed E-state index contributed by atoms with van der Waals surface area (Å²) in [4.78, 5) is 4.66. The molecule has 1 aromatic rings. The van der Waals surface area contributed by atoms with Gasteiger partial charge in [0.2, 0.25) is 0 Å². The van der Waals surface area contributed by atoms with E-state index in [0.717, 1.165) is 17.0 Å². The minimum atomic E-state index is -0.826. The van der Waals surface area contributed by atoms with Gasteiger partial charge in [0, 0.05) is 11.8 Å². The van der Waals surface area contributed by atoms with Crippen molar-refractivity contribution in [3.05, 3.63) is 29.3 Å². The van der Waals surface area contributed by atoms with Crippen LogP contribution in [0.25, 0.3) is 0 Å². The van der Waals surface area contributed by atoms with E-state index in [2.05, 4.69) is 11.9 Å². The molecule has 0 bridgehead atoms. The van der Waals surface area contributed by atoms with Gasteiger partial charge in [-0.25, -0.2) is 0 Å². The molecule has 1 saturated carbocycles. The summed E-state index contributed by atoms with van der Waals surface area (Å²) >= 11 is -0.826. The fourth-order valence-electron chi connectivity index (χ4n) is 2.65. The van der Waals surface area contributed by atoms with Crippen LogP contribution in [-0.2, 0) is 20.8 Å². The predicted molar refractivity (Wildman–Crippen MR) is 83.6 cm³/mol. The molecule has 1 aliphatic rings. The van der Waals surface area contributed by atoms with Crippen molar-refractivity contribution in [1.29, 1.82) is 0 Å². The number of hydrogen-bond acceptors (Lipinski definition) is 2. The van der Waals surface area contributed by atoms with Crippen molar-refractivity contribution in [3.8, 4) is 5.75 Å². The average molecular weight is 393 g/mol.